The van der Waals surface area contributed by atoms with Crippen LogP contribution in [0.2, 0.25) is 0 Å². The van der Waals surface area contributed by atoms with Crippen molar-refractivity contribution in [2.24, 2.45) is 5.92 Å². The monoisotopic (exact) mass is 248 g/mol. The van der Waals surface area contributed by atoms with E-state index in [4.69, 9.17) is 4.74 Å². The Balaban J connectivity index is 1.71. The van der Waals surface area contributed by atoms with E-state index in [2.05, 4.69) is 29.4 Å². The van der Waals surface area contributed by atoms with Gasteiger partial charge in [-0.15, -0.1) is 0 Å². The van der Waals surface area contributed by atoms with Gasteiger partial charge in [0.1, 0.15) is 5.75 Å². The number of likely N-dealkylation sites (tertiary alicyclic amines) is 1. The van der Waals surface area contributed by atoms with Crippen molar-refractivity contribution in [2.45, 2.75) is 19.4 Å². The molecule has 0 spiro atoms. The van der Waals surface area contributed by atoms with Crippen molar-refractivity contribution in [2.75, 3.05) is 33.8 Å². The van der Waals surface area contributed by atoms with Gasteiger partial charge in [-0.3, -0.25) is 0 Å². The van der Waals surface area contributed by atoms with Crippen LogP contribution in [-0.4, -0.2) is 38.7 Å². The summed E-state index contributed by atoms with van der Waals surface area (Å²) in [7, 11) is 3.92. The first-order valence-corrected chi connectivity index (χ1v) is 6.80. The van der Waals surface area contributed by atoms with E-state index < -0.39 is 0 Å². The Hall–Kier alpha value is -1.06. The van der Waals surface area contributed by atoms with Crippen LogP contribution in [0.15, 0.2) is 24.3 Å². The second-order valence-electron chi connectivity index (χ2n) is 5.23. The van der Waals surface area contributed by atoms with Crippen molar-refractivity contribution in [3.8, 4) is 5.75 Å². The zero-order chi connectivity index (χ0) is 12.8. The summed E-state index contributed by atoms with van der Waals surface area (Å²) in [6, 6.07) is 8.28. The Bertz CT molecular complexity index is 359. The first-order chi connectivity index (χ1) is 8.78. The number of nitrogens with one attached hydrogen (secondary N) is 1. The minimum atomic E-state index is 0.840. The molecule has 0 amide bonds. The number of methoxy groups -OCH3 is 1. The van der Waals surface area contributed by atoms with Crippen molar-refractivity contribution < 1.29 is 4.74 Å². The third kappa shape index (κ3) is 4.00. The zero-order valence-corrected chi connectivity index (χ0v) is 11.5. The Labute approximate surface area is 110 Å². The summed E-state index contributed by atoms with van der Waals surface area (Å²) < 4.78 is 5.23. The summed E-state index contributed by atoms with van der Waals surface area (Å²) in [4.78, 5) is 2.42. The van der Waals surface area contributed by atoms with E-state index in [9.17, 15) is 0 Å². The summed E-state index contributed by atoms with van der Waals surface area (Å²) >= 11 is 0. The lowest BCUT2D eigenvalue weighted by molar-refractivity contribution is 0.216. The first-order valence-electron chi connectivity index (χ1n) is 6.80. The molecule has 0 bridgehead atoms. The quantitative estimate of drug-likeness (QED) is 0.864. The predicted molar refractivity (Wildman–Crippen MR) is 74.9 cm³/mol. The van der Waals surface area contributed by atoms with Crippen LogP contribution in [0.5, 0.6) is 5.75 Å². The molecule has 100 valence electrons. The van der Waals surface area contributed by atoms with Gasteiger partial charge in [0.05, 0.1) is 7.11 Å². The molecule has 1 aromatic carbocycles. The fourth-order valence-electron chi connectivity index (χ4n) is 2.47. The van der Waals surface area contributed by atoms with Gasteiger partial charge in [0, 0.05) is 6.54 Å². The molecule has 0 unspecified atom stereocenters. The maximum Gasteiger partial charge on any atom is 0.119 e. The van der Waals surface area contributed by atoms with Crippen LogP contribution in [0, 0.1) is 5.92 Å². The number of ether oxygens (including phenoxy) is 1. The standard InChI is InChI=1S/C15H24N2O/c1-17-8-6-13(7-9-17)11-16-12-14-4-3-5-15(10-14)18-2/h3-5,10,13,16H,6-9,11-12H2,1-2H3. The Morgan fingerprint density at radius 3 is 2.83 bits per heavy atom. The lowest BCUT2D eigenvalue weighted by Gasteiger charge is -2.29. The second kappa shape index (κ2) is 6.76. The number of piperidine rings is 1. The van der Waals surface area contributed by atoms with Gasteiger partial charge >= 0.3 is 0 Å². The number of hydrogen-bond acceptors (Lipinski definition) is 3. The van der Waals surface area contributed by atoms with Gasteiger partial charge in [-0.1, -0.05) is 12.1 Å². The first kappa shape index (κ1) is 13.4. The number of nitrogens with zero attached hydrogens (tertiary/aromatic N) is 1. The number of hydrogen-bond donors (Lipinski definition) is 1. The molecule has 0 atom stereocenters. The summed E-state index contributed by atoms with van der Waals surface area (Å²) in [6.07, 6.45) is 2.64. The molecule has 1 fully saturated rings. The van der Waals surface area contributed by atoms with E-state index >= 15 is 0 Å². The van der Waals surface area contributed by atoms with Crippen molar-refractivity contribution in [3.63, 3.8) is 0 Å². The largest absolute Gasteiger partial charge is 0.497 e. The van der Waals surface area contributed by atoms with E-state index in [-0.39, 0.29) is 0 Å². The predicted octanol–water partition coefficient (Wildman–Crippen LogP) is 2.13. The average molecular weight is 248 g/mol. The SMILES string of the molecule is COc1cccc(CNCC2CCN(C)CC2)c1. The van der Waals surface area contributed by atoms with Crippen LogP contribution < -0.4 is 10.1 Å². The van der Waals surface area contributed by atoms with E-state index in [0.717, 1.165) is 24.8 Å². The molecule has 3 nitrogen and oxygen atoms in total. The minimum absolute atomic E-state index is 0.840. The van der Waals surface area contributed by atoms with Crippen molar-refractivity contribution in [1.29, 1.82) is 0 Å². The molecule has 0 aliphatic carbocycles. The smallest absolute Gasteiger partial charge is 0.119 e. The van der Waals surface area contributed by atoms with Crippen LogP contribution in [0.1, 0.15) is 18.4 Å². The summed E-state index contributed by atoms with van der Waals surface area (Å²) in [5.41, 5.74) is 1.29. The number of benzene rings is 1. The number of rotatable bonds is 5. The third-order valence-electron chi connectivity index (χ3n) is 3.73. The fourth-order valence-corrected chi connectivity index (χ4v) is 2.47. The summed E-state index contributed by atoms with van der Waals surface area (Å²) in [5, 5.41) is 3.56. The highest BCUT2D eigenvalue weighted by molar-refractivity contribution is 5.28. The molecule has 3 heteroatoms. The average Bonchev–Trinajstić information content (AvgIpc) is 2.41. The molecule has 1 aromatic rings. The lowest BCUT2D eigenvalue weighted by atomic mass is 9.97. The molecule has 1 N–H and O–H groups in total. The van der Waals surface area contributed by atoms with Crippen LogP contribution in [0.3, 0.4) is 0 Å². The molecule has 1 aliphatic rings. The highest BCUT2D eigenvalue weighted by Gasteiger charge is 2.15. The van der Waals surface area contributed by atoms with Crippen LogP contribution in [0.25, 0.3) is 0 Å². The van der Waals surface area contributed by atoms with Gasteiger partial charge < -0.3 is 15.0 Å². The third-order valence-corrected chi connectivity index (χ3v) is 3.73. The second-order valence-corrected chi connectivity index (χ2v) is 5.23. The van der Waals surface area contributed by atoms with Gasteiger partial charge in [-0.05, 0) is 63.1 Å². The van der Waals surface area contributed by atoms with Crippen molar-refractivity contribution in [1.82, 2.24) is 10.2 Å². The minimum Gasteiger partial charge on any atom is -0.497 e. The van der Waals surface area contributed by atoms with Gasteiger partial charge in [0.2, 0.25) is 0 Å². The van der Waals surface area contributed by atoms with E-state index in [1.54, 1.807) is 7.11 Å². The molecule has 0 radical (unpaired) electrons. The molecule has 1 heterocycles. The van der Waals surface area contributed by atoms with Crippen LogP contribution >= 0.6 is 0 Å². The van der Waals surface area contributed by atoms with E-state index in [1.807, 2.05) is 12.1 Å². The Morgan fingerprint density at radius 1 is 1.33 bits per heavy atom. The maximum atomic E-state index is 5.23. The van der Waals surface area contributed by atoms with Gasteiger partial charge in [0.15, 0.2) is 0 Å². The molecular formula is C15H24N2O. The molecule has 1 aliphatic heterocycles. The Morgan fingerprint density at radius 2 is 2.11 bits per heavy atom. The maximum absolute atomic E-state index is 5.23. The van der Waals surface area contributed by atoms with Crippen LogP contribution in [-0.2, 0) is 6.54 Å². The van der Waals surface area contributed by atoms with Crippen LogP contribution in [0.4, 0.5) is 0 Å². The van der Waals surface area contributed by atoms with E-state index in [1.165, 1.54) is 31.5 Å². The van der Waals surface area contributed by atoms with Gasteiger partial charge in [-0.25, -0.2) is 0 Å². The van der Waals surface area contributed by atoms with Gasteiger partial charge in [0.25, 0.3) is 0 Å². The highest BCUT2D eigenvalue weighted by Crippen LogP contribution is 2.15. The summed E-state index contributed by atoms with van der Waals surface area (Å²) in [6.45, 7) is 4.55. The lowest BCUT2D eigenvalue weighted by Crippen LogP contribution is -2.34. The topological polar surface area (TPSA) is 24.5 Å². The normalized spacial score (nSPS) is 17.9. The van der Waals surface area contributed by atoms with Crippen molar-refractivity contribution >= 4 is 0 Å². The highest BCUT2D eigenvalue weighted by atomic mass is 16.5. The molecule has 1 saturated heterocycles. The van der Waals surface area contributed by atoms with Gasteiger partial charge in [-0.2, -0.15) is 0 Å². The Kier molecular flexibility index (Phi) is 5.02. The molecule has 18 heavy (non-hydrogen) atoms. The van der Waals surface area contributed by atoms with Crippen molar-refractivity contribution in [3.05, 3.63) is 29.8 Å². The summed E-state index contributed by atoms with van der Waals surface area (Å²) in [5.74, 6) is 1.78. The van der Waals surface area contributed by atoms with E-state index in [0.29, 0.717) is 0 Å². The fraction of sp³-hybridized carbons (Fsp3) is 0.600. The zero-order valence-electron chi connectivity index (χ0n) is 11.5. The molecule has 2 rings (SSSR count). The molecular weight excluding hydrogens is 224 g/mol. The molecule has 0 saturated carbocycles. The molecule has 0 aromatic heterocycles.